The highest BCUT2D eigenvalue weighted by atomic mass is 16.5. The molecule has 126 valence electrons. The Bertz CT molecular complexity index is 499. The van der Waals surface area contributed by atoms with Crippen molar-refractivity contribution in [2.75, 3.05) is 26.3 Å². The van der Waals surface area contributed by atoms with Crippen LogP contribution in [0.4, 0.5) is 0 Å². The maximum Gasteiger partial charge on any atom is 0.223 e. The van der Waals surface area contributed by atoms with E-state index in [1.807, 2.05) is 30.2 Å². The van der Waals surface area contributed by atoms with Gasteiger partial charge < -0.3 is 19.5 Å². The largest absolute Gasteiger partial charge is 0.503 e. The van der Waals surface area contributed by atoms with Gasteiger partial charge in [0, 0.05) is 38.0 Å². The molecule has 2 N–H and O–H groups in total. The van der Waals surface area contributed by atoms with Crippen LogP contribution in [0.15, 0.2) is 17.1 Å². The van der Waals surface area contributed by atoms with Crippen LogP contribution in [0.3, 0.4) is 0 Å². The Morgan fingerprint density at radius 2 is 2.14 bits per heavy atom. The van der Waals surface area contributed by atoms with Crippen LogP contribution in [0.2, 0.25) is 0 Å². The molecule has 0 saturated heterocycles. The van der Waals surface area contributed by atoms with Crippen molar-refractivity contribution in [2.45, 2.75) is 46.4 Å². The Kier molecular flexibility index (Phi) is 8.16. The number of rotatable bonds is 10. The van der Waals surface area contributed by atoms with Crippen molar-refractivity contribution in [3.8, 4) is 5.75 Å². The van der Waals surface area contributed by atoms with Crippen LogP contribution in [0, 0.1) is 0 Å². The van der Waals surface area contributed by atoms with Gasteiger partial charge in [0.05, 0.1) is 18.9 Å². The van der Waals surface area contributed by atoms with Crippen LogP contribution in [0.25, 0.3) is 0 Å². The van der Waals surface area contributed by atoms with Gasteiger partial charge in [0.2, 0.25) is 5.43 Å². The Morgan fingerprint density at radius 3 is 2.73 bits per heavy atom. The topological polar surface area (TPSA) is 74.9 Å². The van der Waals surface area contributed by atoms with Crippen LogP contribution >= 0.6 is 0 Å². The highest BCUT2D eigenvalue weighted by Gasteiger charge is 2.10. The van der Waals surface area contributed by atoms with Crippen molar-refractivity contribution < 1.29 is 14.9 Å². The molecule has 0 unspecified atom stereocenters. The molecule has 0 aliphatic rings. The van der Waals surface area contributed by atoms with E-state index in [4.69, 9.17) is 9.84 Å². The molecule has 6 heteroatoms. The number of hydrogen-bond donors (Lipinski definition) is 2. The Labute approximate surface area is 131 Å². The number of aryl methyl sites for hydroxylation is 1. The van der Waals surface area contributed by atoms with Gasteiger partial charge in [-0.3, -0.25) is 9.69 Å². The van der Waals surface area contributed by atoms with Gasteiger partial charge in [-0.1, -0.05) is 6.92 Å². The predicted octanol–water partition coefficient (Wildman–Crippen LogP) is 1.18. The number of nitrogens with zero attached hydrogens (tertiary/aromatic N) is 2. The van der Waals surface area contributed by atoms with Gasteiger partial charge in [-0.2, -0.15) is 0 Å². The molecule has 0 saturated carbocycles. The number of aromatic nitrogens is 1. The average molecular weight is 312 g/mol. The standard InChI is InChI=1S/C16H28N2O4/c1-4-17(7-8-19)11-14-10-15(20)16(21)12-18(14)6-5-9-22-13(2)3/h10,12-13,19,21H,4-9,11H2,1-3H3. The molecule has 0 aromatic carbocycles. The lowest BCUT2D eigenvalue weighted by atomic mass is 10.2. The molecule has 1 aromatic rings. The molecule has 1 rings (SSSR count). The maximum absolute atomic E-state index is 11.7. The Morgan fingerprint density at radius 1 is 1.41 bits per heavy atom. The quantitative estimate of drug-likeness (QED) is 0.635. The third kappa shape index (κ3) is 6.17. The van der Waals surface area contributed by atoms with Crippen molar-refractivity contribution in [3.05, 3.63) is 28.2 Å². The van der Waals surface area contributed by atoms with E-state index in [1.54, 1.807) is 0 Å². The number of aliphatic hydroxyl groups excluding tert-OH is 1. The summed E-state index contributed by atoms with van der Waals surface area (Å²) >= 11 is 0. The first-order chi connectivity index (χ1) is 10.5. The monoisotopic (exact) mass is 312 g/mol. The lowest BCUT2D eigenvalue weighted by Crippen LogP contribution is -2.28. The highest BCUT2D eigenvalue weighted by Crippen LogP contribution is 2.09. The highest BCUT2D eigenvalue weighted by molar-refractivity contribution is 5.20. The van der Waals surface area contributed by atoms with Gasteiger partial charge in [0.25, 0.3) is 0 Å². The van der Waals surface area contributed by atoms with Crippen LogP contribution in [-0.4, -0.2) is 52.1 Å². The SMILES string of the molecule is CCN(CCO)Cc1cc(=O)c(O)cn1CCCOC(C)C. The molecule has 6 nitrogen and oxygen atoms in total. The maximum atomic E-state index is 11.7. The lowest BCUT2D eigenvalue weighted by Gasteiger charge is -2.22. The molecule has 0 bridgehead atoms. The summed E-state index contributed by atoms with van der Waals surface area (Å²) in [6.45, 7) is 9.29. The summed E-state index contributed by atoms with van der Waals surface area (Å²) in [7, 11) is 0. The zero-order valence-corrected chi connectivity index (χ0v) is 13.8. The minimum atomic E-state index is -0.371. The fourth-order valence-corrected chi connectivity index (χ4v) is 2.22. The van der Waals surface area contributed by atoms with E-state index in [1.165, 1.54) is 12.3 Å². The van der Waals surface area contributed by atoms with Crippen molar-refractivity contribution in [1.82, 2.24) is 9.47 Å². The second-order valence-electron chi connectivity index (χ2n) is 5.57. The van der Waals surface area contributed by atoms with Crippen molar-refractivity contribution in [2.24, 2.45) is 0 Å². The number of pyridine rings is 1. The second-order valence-corrected chi connectivity index (χ2v) is 5.57. The van der Waals surface area contributed by atoms with Gasteiger partial charge in [-0.25, -0.2) is 0 Å². The van der Waals surface area contributed by atoms with E-state index < -0.39 is 0 Å². The van der Waals surface area contributed by atoms with Crippen molar-refractivity contribution >= 4 is 0 Å². The number of likely N-dealkylation sites (N-methyl/N-ethyl adjacent to an activating group) is 1. The lowest BCUT2D eigenvalue weighted by molar-refractivity contribution is 0.0745. The van der Waals surface area contributed by atoms with Gasteiger partial charge >= 0.3 is 0 Å². The molecule has 22 heavy (non-hydrogen) atoms. The first kappa shape index (κ1) is 18.7. The molecule has 0 radical (unpaired) electrons. The summed E-state index contributed by atoms with van der Waals surface area (Å²) < 4.78 is 7.41. The molecule has 0 atom stereocenters. The fourth-order valence-electron chi connectivity index (χ4n) is 2.22. The summed E-state index contributed by atoms with van der Waals surface area (Å²) in [5.74, 6) is -0.237. The van der Waals surface area contributed by atoms with E-state index in [0.29, 0.717) is 26.2 Å². The summed E-state index contributed by atoms with van der Waals surface area (Å²) in [5.41, 5.74) is 0.465. The van der Waals surface area contributed by atoms with E-state index in [-0.39, 0.29) is 23.9 Å². The summed E-state index contributed by atoms with van der Waals surface area (Å²) in [4.78, 5) is 13.7. The third-order valence-corrected chi connectivity index (χ3v) is 3.44. The smallest absolute Gasteiger partial charge is 0.223 e. The van der Waals surface area contributed by atoms with Gasteiger partial charge in [-0.15, -0.1) is 0 Å². The van der Waals surface area contributed by atoms with Crippen LogP contribution in [0.5, 0.6) is 5.75 Å². The van der Waals surface area contributed by atoms with E-state index in [0.717, 1.165) is 18.7 Å². The third-order valence-electron chi connectivity index (χ3n) is 3.44. The molecule has 0 amide bonds. The van der Waals surface area contributed by atoms with Crippen LogP contribution < -0.4 is 5.43 Å². The summed E-state index contributed by atoms with van der Waals surface area (Å²) in [5, 5.41) is 18.7. The summed E-state index contributed by atoms with van der Waals surface area (Å²) in [6, 6.07) is 1.47. The van der Waals surface area contributed by atoms with Crippen molar-refractivity contribution in [3.63, 3.8) is 0 Å². The van der Waals surface area contributed by atoms with Gasteiger partial charge in [-0.05, 0) is 26.8 Å². The van der Waals surface area contributed by atoms with Gasteiger partial charge in [0.15, 0.2) is 5.75 Å². The van der Waals surface area contributed by atoms with E-state index >= 15 is 0 Å². The molecular formula is C16H28N2O4. The zero-order chi connectivity index (χ0) is 16.5. The molecule has 0 aliphatic heterocycles. The van der Waals surface area contributed by atoms with E-state index in [2.05, 4.69) is 0 Å². The number of aromatic hydroxyl groups is 1. The number of aliphatic hydroxyl groups is 1. The minimum absolute atomic E-state index is 0.0817. The van der Waals surface area contributed by atoms with Gasteiger partial charge in [0.1, 0.15) is 0 Å². The Hall–Kier alpha value is -1.37. The Balaban J connectivity index is 2.80. The number of hydrogen-bond acceptors (Lipinski definition) is 5. The predicted molar refractivity (Wildman–Crippen MR) is 86.1 cm³/mol. The molecule has 0 spiro atoms. The zero-order valence-electron chi connectivity index (χ0n) is 13.8. The fraction of sp³-hybridized carbons (Fsp3) is 0.688. The van der Waals surface area contributed by atoms with E-state index in [9.17, 15) is 9.90 Å². The molecule has 0 fully saturated rings. The molecule has 1 heterocycles. The van der Waals surface area contributed by atoms with Crippen molar-refractivity contribution in [1.29, 1.82) is 0 Å². The average Bonchev–Trinajstić information content (AvgIpc) is 2.47. The molecule has 0 aliphatic carbocycles. The molecular weight excluding hydrogens is 284 g/mol. The summed E-state index contributed by atoms with van der Waals surface area (Å²) in [6.07, 6.45) is 2.49. The van der Waals surface area contributed by atoms with Crippen LogP contribution in [0.1, 0.15) is 32.9 Å². The normalized spacial score (nSPS) is 11.5. The molecule has 1 aromatic heterocycles. The first-order valence-corrected chi connectivity index (χ1v) is 7.85. The first-order valence-electron chi connectivity index (χ1n) is 7.85. The van der Waals surface area contributed by atoms with Crippen LogP contribution in [-0.2, 0) is 17.8 Å². The minimum Gasteiger partial charge on any atom is -0.503 e. The second kappa shape index (κ2) is 9.61. The number of ether oxygens (including phenoxy) is 1.